The first-order chi connectivity index (χ1) is 15.3. The van der Waals surface area contributed by atoms with Crippen molar-refractivity contribution in [3.05, 3.63) is 82.9 Å². The number of rotatable bonds is 3. The smallest absolute Gasteiger partial charge is 0.352 e. The van der Waals surface area contributed by atoms with Crippen LogP contribution in [0.2, 0.25) is 0 Å². The van der Waals surface area contributed by atoms with Gasteiger partial charge in [-0.2, -0.15) is 17.9 Å². The third kappa shape index (κ3) is 3.45. The molecule has 162 valence electrons. The Hall–Kier alpha value is -3.88. The Bertz CT molecular complexity index is 1280. The summed E-state index contributed by atoms with van der Waals surface area (Å²) in [7, 11) is 0. The fourth-order valence-electron chi connectivity index (χ4n) is 3.96. The van der Waals surface area contributed by atoms with E-state index in [-0.39, 0.29) is 29.9 Å². The van der Waals surface area contributed by atoms with Crippen LogP contribution in [0.3, 0.4) is 0 Å². The van der Waals surface area contributed by atoms with Gasteiger partial charge >= 0.3 is 12.1 Å². The Morgan fingerprint density at radius 1 is 1.19 bits per heavy atom. The monoisotopic (exact) mass is 439 g/mol. The van der Waals surface area contributed by atoms with Crippen LogP contribution in [0.15, 0.2) is 65.9 Å². The van der Waals surface area contributed by atoms with Crippen molar-refractivity contribution in [1.82, 2.24) is 15.0 Å². The van der Waals surface area contributed by atoms with Crippen LogP contribution >= 0.6 is 0 Å². The van der Waals surface area contributed by atoms with E-state index in [2.05, 4.69) is 10.3 Å². The molecule has 0 unspecified atom stereocenters. The minimum Gasteiger partial charge on any atom is -0.352 e. The molecule has 2 aromatic heterocycles. The number of alkyl halides is 3. The number of carbonyl (C=O) groups is 2. The Morgan fingerprint density at radius 3 is 2.81 bits per heavy atom. The normalized spacial score (nSPS) is 17.1. The zero-order valence-electron chi connectivity index (χ0n) is 16.6. The molecule has 2 aliphatic carbocycles. The van der Waals surface area contributed by atoms with E-state index in [0.717, 1.165) is 27.9 Å². The second kappa shape index (κ2) is 7.37. The van der Waals surface area contributed by atoms with Crippen LogP contribution in [0.25, 0.3) is 16.8 Å². The maximum Gasteiger partial charge on any atom is 0.493 e. The lowest BCUT2D eigenvalue weighted by molar-refractivity contribution is -0.199. The summed E-state index contributed by atoms with van der Waals surface area (Å²) in [6.07, 6.45) is 7.43. The summed E-state index contributed by atoms with van der Waals surface area (Å²) in [6.45, 7) is 0.226. The molecule has 1 aliphatic heterocycles. The molecule has 3 heterocycles. The first-order valence-electron chi connectivity index (χ1n) is 9.90. The molecule has 3 aliphatic rings. The summed E-state index contributed by atoms with van der Waals surface area (Å²) in [5.41, 5.74) is 4.74. The van der Waals surface area contributed by atoms with Crippen LogP contribution in [-0.2, 0) is 11.2 Å². The van der Waals surface area contributed by atoms with Gasteiger partial charge in [0.1, 0.15) is 0 Å². The number of nitrogens with one attached hydrogen (secondary N) is 1. The van der Waals surface area contributed by atoms with Gasteiger partial charge in [-0.15, -0.1) is 0 Å². The molecule has 6 nitrogen and oxygen atoms in total. The predicted molar refractivity (Wildman–Crippen MR) is 109 cm³/mol. The summed E-state index contributed by atoms with van der Waals surface area (Å²) < 4.78 is 39.5. The molecule has 0 bridgehead atoms. The highest BCUT2D eigenvalue weighted by Crippen LogP contribution is 2.35. The lowest BCUT2D eigenvalue weighted by Gasteiger charge is -2.17. The van der Waals surface area contributed by atoms with Crippen LogP contribution < -0.4 is 10.2 Å². The van der Waals surface area contributed by atoms with E-state index in [1.165, 1.54) is 12.3 Å². The molecule has 0 aromatic carbocycles. The number of allylic oxidation sites excluding steroid dienone is 8. The highest BCUT2D eigenvalue weighted by molar-refractivity contribution is 5.98. The summed E-state index contributed by atoms with van der Waals surface area (Å²) >= 11 is 0. The number of fused-ring (bicyclic) bond motifs is 2. The number of halogens is 3. The number of hydrogen-bond donors (Lipinski definition) is 1. The van der Waals surface area contributed by atoms with Crippen molar-refractivity contribution in [2.75, 3.05) is 6.54 Å². The van der Waals surface area contributed by atoms with Crippen LogP contribution in [-0.4, -0.2) is 34.3 Å². The number of nitrogens with zero attached hydrogens (tertiary/aromatic N) is 2. The minimum absolute atomic E-state index is 0.165. The van der Waals surface area contributed by atoms with Gasteiger partial charge in [0.15, 0.2) is 0 Å². The molecular weight excluding hydrogens is 423 g/mol. The number of hydrogen-bond acceptors (Lipinski definition) is 4. The SMILES string of the molecule is O=C1NCCc2c1cc(-c1ccnc(C3=CC4=CC=CCC4=C3)c1)n2OC(=O)C(F)(F)F. The second-order valence-electron chi connectivity index (χ2n) is 7.52. The molecule has 1 N–H and O–H groups in total. The van der Waals surface area contributed by atoms with Crippen molar-refractivity contribution >= 4 is 17.4 Å². The largest absolute Gasteiger partial charge is 0.493 e. The quantitative estimate of drug-likeness (QED) is 0.794. The van der Waals surface area contributed by atoms with E-state index in [4.69, 9.17) is 4.84 Å². The van der Waals surface area contributed by atoms with Gasteiger partial charge in [-0.3, -0.25) is 9.78 Å². The van der Waals surface area contributed by atoms with E-state index < -0.39 is 18.1 Å². The van der Waals surface area contributed by atoms with Gasteiger partial charge in [0.25, 0.3) is 5.91 Å². The van der Waals surface area contributed by atoms with E-state index in [9.17, 15) is 22.8 Å². The number of aromatic nitrogens is 2. The molecule has 2 aromatic rings. The van der Waals surface area contributed by atoms with Gasteiger partial charge in [0.05, 0.1) is 22.6 Å². The summed E-state index contributed by atoms with van der Waals surface area (Å²) in [4.78, 5) is 32.9. The minimum atomic E-state index is -5.17. The topological polar surface area (TPSA) is 73.2 Å². The molecule has 0 saturated carbocycles. The fraction of sp³-hybridized carbons (Fsp3) is 0.174. The molecule has 0 fully saturated rings. The highest BCUT2D eigenvalue weighted by Gasteiger charge is 2.43. The molecule has 0 atom stereocenters. The van der Waals surface area contributed by atoms with Crippen molar-refractivity contribution in [2.24, 2.45) is 0 Å². The average molecular weight is 439 g/mol. The Morgan fingerprint density at radius 2 is 2.03 bits per heavy atom. The maximum atomic E-state index is 12.9. The van der Waals surface area contributed by atoms with Crippen molar-refractivity contribution < 1.29 is 27.6 Å². The zero-order valence-corrected chi connectivity index (χ0v) is 16.6. The van der Waals surface area contributed by atoms with Crippen molar-refractivity contribution in [3.8, 4) is 11.3 Å². The van der Waals surface area contributed by atoms with Crippen molar-refractivity contribution in [1.29, 1.82) is 0 Å². The van der Waals surface area contributed by atoms with E-state index in [1.807, 2.05) is 30.4 Å². The molecule has 0 radical (unpaired) electrons. The van der Waals surface area contributed by atoms with Gasteiger partial charge in [0.2, 0.25) is 0 Å². The van der Waals surface area contributed by atoms with Gasteiger partial charge in [-0.1, -0.05) is 18.2 Å². The number of amides is 1. The zero-order chi connectivity index (χ0) is 22.5. The lowest BCUT2D eigenvalue weighted by Crippen LogP contribution is -2.37. The van der Waals surface area contributed by atoms with Crippen LogP contribution in [0.1, 0.15) is 28.2 Å². The van der Waals surface area contributed by atoms with Crippen LogP contribution in [0.5, 0.6) is 0 Å². The van der Waals surface area contributed by atoms with E-state index >= 15 is 0 Å². The van der Waals surface area contributed by atoms with Crippen LogP contribution in [0, 0.1) is 0 Å². The maximum absolute atomic E-state index is 12.9. The third-order valence-corrected chi connectivity index (χ3v) is 5.47. The Labute approximate surface area is 180 Å². The number of pyridine rings is 1. The molecule has 0 spiro atoms. The van der Waals surface area contributed by atoms with Gasteiger partial charge in [0, 0.05) is 30.3 Å². The Kier molecular flexibility index (Phi) is 4.61. The van der Waals surface area contributed by atoms with Crippen molar-refractivity contribution in [3.63, 3.8) is 0 Å². The third-order valence-electron chi connectivity index (χ3n) is 5.47. The summed E-state index contributed by atoms with van der Waals surface area (Å²) in [5, 5.41) is 2.64. The van der Waals surface area contributed by atoms with Gasteiger partial charge in [-0.05, 0) is 47.9 Å². The first kappa shape index (κ1) is 20.0. The first-order valence-corrected chi connectivity index (χ1v) is 9.90. The summed E-state index contributed by atoms with van der Waals surface area (Å²) in [6, 6.07) is 4.72. The highest BCUT2D eigenvalue weighted by atomic mass is 19.4. The van der Waals surface area contributed by atoms with E-state index in [0.29, 0.717) is 11.3 Å². The molecule has 5 rings (SSSR count). The number of carbonyl (C=O) groups excluding carboxylic acids is 2. The Balaban J connectivity index is 1.58. The standard InChI is InChI=1S/C23H16F3N3O3/c24-23(25,26)22(31)32-29-19-6-8-28-21(30)17(19)12-20(29)15-5-7-27-18(11-15)16-9-13-3-1-2-4-14(13)10-16/h1-3,5,7,9-12H,4,6,8H2,(H,28,30). The van der Waals surface area contributed by atoms with Gasteiger partial charge in [-0.25, -0.2) is 4.79 Å². The predicted octanol–water partition coefficient (Wildman–Crippen LogP) is 3.56. The molecular formula is C23H16F3N3O3. The molecule has 1 amide bonds. The lowest BCUT2D eigenvalue weighted by atomic mass is 10.0. The van der Waals surface area contributed by atoms with Crippen LogP contribution in [0.4, 0.5) is 13.2 Å². The molecule has 9 heteroatoms. The fourth-order valence-corrected chi connectivity index (χ4v) is 3.96. The van der Waals surface area contributed by atoms with E-state index in [1.54, 1.807) is 12.1 Å². The second-order valence-corrected chi connectivity index (χ2v) is 7.52. The van der Waals surface area contributed by atoms with Gasteiger partial charge < -0.3 is 10.2 Å². The average Bonchev–Trinajstić information content (AvgIpc) is 3.36. The molecule has 0 saturated heterocycles. The van der Waals surface area contributed by atoms with Crippen molar-refractivity contribution in [2.45, 2.75) is 19.0 Å². The summed E-state index contributed by atoms with van der Waals surface area (Å²) in [5.74, 6) is -2.79. The molecule has 32 heavy (non-hydrogen) atoms.